The van der Waals surface area contributed by atoms with Crippen LogP contribution in [0, 0.1) is 10.6 Å². The first-order valence-corrected chi connectivity index (χ1v) is 5.39. The highest BCUT2D eigenvalue weighted by molar-refractivity contribution is 7.71. The van der Waals surface area contributed by atoms with Crippen LogP contribution in [-0.4, -0.2) is 9.55 Å². The predicted molar refractivity (Wildman–Crippen MR) is 62.2 cm³/mol. The predicted octanol–water partition coefficient (Wildman–Crippen LogP) is 3.05. The van der Waals surface area contributed by atoms with Crippen molar-refractivity contribution >= 4 is 12.2 Å². The third kappa shape index (κ3) is 2.73. The number of hydrogen-bond donors (Lipinski definition) is 1. The Morgan fingerprint density at radius 3 is 2.47 bits per heavy atom. The van der Waals surface area contributed by atoms with Crippen LogP contribution in [0.25, 0.3) is 5.69 Å². The summed E-state index contributed by atoms with van der Waals surface area (Å²) in [6, 6.07) is 3.57. The molecule has 0 atom stereocenters. The van der Waals surface area contributed by atoms with Crippen molar-refractivity contribution in [2.75, 3.05) is 0 Å². The molecule has 0 amide bonds. The Balaban J connectivity index is 2.65. The maximum absolute atomic E-state index is 13.1. The summed E-state index contributed by atoms with van der Waals surface area (Å²) in [6.45, 7) is 0. The van der Waals surface area contributed by atoms with E-state index in [0.717, 1.165) is 16.7 Å². The highest BCUT2D eigenvalue weighted by Gasteiger charge is 2.34. The fraction of sp³-hybridized carbons (Fsp3) is 0.0909. The van der Waals surface area contributed by atoms with Gasteiger partial charge in [-0.3, -0.25) is 14.3 Å². The van der Waals surface area contributed by atoms with Gasteiger partial charge < -0.3 is 0 Å². The molecule has 8 heteroatoms. The Morgan fingerprint density at radius 2 is 1.89 bits per heavy atom. The van der Waals surface area contributed by atoms with Crippen LogP contribution in [0.2, 0.25) is 0 Å². The molecule has 1 aromatic heterocycles. The molecule has 0 aliphatic heterocycles. The lowest BCUT2D eigenvalue weighted by Gasteiger charge is -2.11. The number of benzene rings is 1. The maximum atomic E-state index is 13.1. The van der Waals surface area contributed by atoms with Crippen LogP contribution in [0.5, 0.6) is 0 Å². The van der Waals surface area contributed by atoms with Crippen molar-refractivity contribution in [1.29, 1.82) is 0 Å². The van der Waals surface area contributed by atoms with E-state index in [2.05, 4.69) is 4.98 Å². The van der Waals surface area contributed by atoms with Crippen LogP contribution in [0.15, 0.2) is 35.3 Å². The monoisotopic (exact) mass is 290 g/mol. The SMILES string of the molecule is O=c1ccn(-c2ccc(F)c(C(F)(F)F)c2)c(=S)[nH]1. The van der Waals surface area contributed by atoms with Gasteiger partial charge in [0.25, 0.3) is 5.56 Å². The smallest absolute Gasteiger partial charge is 0.299 e. The van der Waals surface area contributed by atoms with Crippen molar-refractivity contribution < 1.29 is 17.6 Å². The van der Waals surface area contributed by atoms with Crippen molar-refractivity contribution in [2.45, 2.75) is 6.18 Å². The minimum absolute atomic E-state index is 0.00924. The van der Waals surface area contributed by atoms with Gasteiger partial charge in [0.05, 0.1) is 5.56 Å². The van der Waals surface area contributed by atoms with E-state index in [-0.39, 0.29) is 10.5 Å². The van der Waals surface area contributed by atoms with Gasteiger partial charge in [-0.15, -0.1) is 0 Å². The van der Waals surface area contributed by atoms with E-state index < -0.39 is 23.1 Å². The second-order valence-corrected chi connectivity index (χ2v) is 4.03. The molecule has 1 N–H and O–H groups in total. The standard InChI is InChI=1S/C11H6F4N2OS/c12-8-2-1-6(5-7(8)11(13,14)15)17-4-3-9(18)16-10(17)19/h1-5H,(H,16,18,19). The summed E-state index contributed by atoms with van der Waals surface area (Å²) in [5.41, 5.74) is -1.85. The molecule has 3 nitrogen and oxygen atoms in total. The van der Waals surface area contributed by atoms with Gasteiger partial charge in [-0.2, -0.15) is 13.2 Å². The number of halogens is 4. The number of alkyl halides is 3. The molecule has 0 unspecified atom stereocenters. The molecule has 2 aromatic rings. The zero-order valence-electron chi connectivity index (χ0n) is 9.16. The Hall–Kier alpha value is -1.96. The van der Waals surface area contributed by atoms with Gasteiger partial charge in [0, 0.05) is 18.0 Å². The van der Waals surface area contributed by atoms with Crippen LogP contribution >= 0.6 is 12.2 Å². The van der Waals surface area contributed by atoms with Gasteiger partial charge in [-0.05, 0) is 30.4 Å². The number of hydrogen-bond acceptors (Lipinski definition) is 2. The van der Waals surface area contributed by atoms with E-state index in [9.17, 15) is 22.4 Å². The fourth-order valence-corrected chi connectivity index (χ4v) is 1.77. The molecule has 19 heavy (non-hydrogen) atoms. The number of nitrogens with zero attached hydrogens (tertiary/aromatic N) is 1. The minimum atomic E-state index is -4.80. The second-order valence-electron chi connectivity index (χ2n) is 3.64. The second kappa shape index (κ2) is 4.61. The zero-order valence-corrected chi connectivity index (χ0v) is 9.98. The maximum Gasteiger partial charge on any atom is 0.419 e. The Kier molecular flexibility index (Phi) is 3.27. The van der Waals surface area contributed by atoms with Gasteiger partial charge in [0.1, 0.15) is 5.82 Å². The van der Waals surface area contributed by atoms with Gasteiger partial charge in [-0.25, -0.2) is 4.39 Å². The number of rotatable bonds is 1. The molecule has 100 valence electrons. The van der Waals surface area contributed by atoms with Gasteiger partial charge in [0.2, 0.25) is 0 Å². The summed E-state index contributed by atoms with van der Waals surface area (Å²) in [5.74, 6) is -1.37. The van der Waals surface area contributed by atoms with Gasteiger partial charge in [-0.1, -0.05) is 0 Å². The molecule has 0 fully saturated rings. The number of nitrogens with one attached hydrogen (secondary N) is 1. The Morgan fingerprint density at radius 1 is 1.21 bits per heavy atom. The molecular weight excluding hydrogens is 284 g/mol. The van der Waals surface area contributed by atoms with Gasteiger partial charge >= 0.3 is 6.18 Å². The topological polar surface area (TPSA) is 37.8 Å². The summed E-state index contributed by atoms with van der Waals surface area (Å²) in [4.78, 5) is 13.2. The first-order valence-electron chi connectivity index (χ1n) is 4.98. The summed E-state index contributed by atoms with van der Waals surface area (Å²) in [6.07, 6.45) is -3.58. The molecule has 0 bridgehead atoms. The molecule has 0 radical (unpaired) electrons. The first-order chi connectivity index (χ1) is 8.79. The van der Waals surface area contributed by atoms with Crippen LogP contribution in [0.1, 0.15) is 5.56 Å². The molecule has 0 spiro atoms. The fourth-order valence-electron chi connectivity index (χ4n) is 1.50. The van der Waals surface area contributed by atoms with E-state index in [1.165, 1.54) is 6.20 Å². The Bertz CT molecular complexity index is 732. The number of aromatic amines is 1. The van der Waals surface area contributed by atoms with Crippen LogP contribution in [0.4, 0.5) is 17.6 Å². The van der Waals surface area contributed by atoms with Crippen molar-refractivity contribution in [2.24, 2.45) is 0 Å². The third-order valence-electron chi connectivity index (χ3n) is 2.36. The summed E-state index contributed by atoms with van der Waals surface area (Å²) < 4.78 is 51.9. The minimum Gasteiger partial charge on any atom is -0.299 e. The normalized spacial score (nSPS) is 11.6. The molecule has 0 aliphatic carbocycles. The third-order valence-corrected chi connectivity index (χ3v) is 2.66. The molecular formula is C11H6F4N2OS. The average molecular weight is 290 g/mol. The lowest BCUT2D eigenvalue weighted by atomic mass is 10.2. The quantitative estimate of drug-likeness (QED) is 0.647. The van der Waals surface area contributed by atoms with E-state index in [4.69, 9.17) is 12.2 Å². The van der Waals surface area contributed by atoms with Crippen molar-refractivity contribution in [3.63, 3.8) is 0 Å². The van der Waals surface area contributed by atoms with E-state index in [0.29, 0.717) is 12.1 Å². The lowest BCUT2D eigenvalue weighted by molar-refractivity contribution is -0.140. The van der Waals surface area contributed by atoms with Crippen LogP contribution in [0.3, 0.4) is 0 Å². The molecule has 2 rings (SSSR count). The van der Waals surface area contributed by atoms with Crippen LogP contribution < -0.4 is 5.56 Å². The number of aromatic nitrogens is 2. The lowest BCUT2D eigenvalue weighted by Crippen LogP contribution is -2.12. The van der Waals surface area contributed by atoms with Gasteiger partial charge in [0.15, 0.2) is 4.77 Å². The summed E-state index contributed by atoms with van der Waals surface area (Å²) in [7, 11) is 0. The summed E-state index contributed by atoms with van der Waals surface area (Å²) >= 11 is 4.82. The molecule has 0 saturated carbocycles. The highest BCUT2D eigenvalue weighted by Crippen LogP contribution is 2.32. The molecule has 1 aromatic carbocycles. The molecule has 0 saturated heterocycles. The van der Waals surface area contributed by atoms with E-state index in [1.54, 1.807) is 0 Å². The zero-order chi connectivity index (χ0) is 14.2. The summed E-state index contributed by atoms with van der Waals surface area (Å²) in [5, 5.41) is 0. The average Bonchev–Trinajstić information content (AvgIpc) is 2.29. The van der Waals surface area contributed by atoms with Crippen molar-refractivity contribution in [1.82, 2.24) is 9.55 Å². The van der Waals surface area contributed by atoms with Crippen molar-refractivity contribution in [3.05, 3.63) is 57.0 Å². The molecule has 1 heterocycles. The van der Waals surface area contributed by atoms with Crippen LogP contribution in [-0.2, 0) is 6.18 Å². The van der Waals surface area contributed by atoms with E-state index in [1.807, 2.05) is 0 Å². The Labute approximate surface area is 109 Å². The first kappa shape index (κ1) is 13.5. The van der Waals surface area contributed by atoms with E-state index >= 15 is 0 Å². The largest absolute Gasteiger partial charge is 0.419 e. The number of H-pyrrole nitrogens is 1. The highest BCUT2D eigenvalue weighted by atomic mass is 32.1. The molecule has 0 aliphatic rings. The van der Waals surface area contributed by atoms with Crippen molar-refractivity contribution in [3.8, 4) is 5.69 Å².